The zero-order chi connectivity index (χ0) is 18.3. The number of thiazole rings is 1. The second-order valence-corrected chi connectivity index (χ2v) is 7.23. The van der Waals surface area contributed by atoms with Gasteiger partial charge in [-0.25, -0.2) is 4.98 Å². The molecule has 1 aromatic heterocycles. The van der Waals surface area contributed by atoms with Crippen molar-refractivity contribution in [3.63, 3.8) is 0 Å². The van der Waals surface area contributed by atoms with Crippen LogP contribution in [0.2, 0.25) is 0 Å². The van der Waals surface area contributed by atoms with E-state index in [1.54, 1.807) is 18.9 Å². The number of aromatic nitrogens is 1. The van der Waals surface area contributed by atoms with Crippen molar-refractivity contribution in [3.05, 3.63) is 23.6 Å². The highest BCUT2D eigenvalue weighted by atomic mass is 32.1. The molecule has 1 saturated heterocycles. The Kier molecular flexibility index (Phi) is 4.37. The molecule has 1 fully saturated rings. The van der Waals surface area contributed by atoms with Crippen molar-refractivity contribution in [2.24, 2.45) is 0 Å². The fourth-order valence-corrected chi connectivity index (χ4v) is 3.83. The molecule has 26 heavy (non-hydrogen) atoms. The molecule has 0 aliphatic carbocycles. The van der Waals surface area contributed by atoms with Gasteiger partial charge >= 0.3 is 0 Å². The van der Waals surface area contributed by atoms with Crippen LogP contribution in [0.4, 0.5) is 10.8 Å². The predicted octanol–water partition coefficient (Wildman–Crippen LogP) is 2.67. The van der Waals surface area contributed by atoms with Gasteiger partial charge in [0.2, 0.25) is 0 Å². The second kappa shape index (κ2) is 6.69. The summed E-state index contributed by atoms with van der Waals surface area (Å²) in [7, 11) is 1.73. The summed E-state index contributed by atoms with van der Waals surface area (Å²) in [6.07, 6.45) is 0.777. The van der Waals surface area contributed by atoms with E-state index in [2.05, 4.69) is 10.3 Å². The van der Waals surface area contributed by atoms with Gasteiger partial charge in [-0.05, 0) is 38.0 Å². The molecule has 2 atom stereocenters. The number of hydrogen-bond acceptors (Lipinski definition) is 6. The number of nitrogens with zero attached hydrogens (tertiary/aromatic N) is 2. The highest BCUT2D eigenvalue weighted by molar-refractivity contribution is 7.14. The minimum absolute atomic E-state index is 0.0857. The second-order valence-electron chi connectivity index (χ2n) is 6.37. The summed E-state index contributed by atoms with van der Waals surface area (Å²) in [4.78, 5) is 30.3. The summed E-state index contributed by atoms with van der Waals surface area (Å²) in [5.41, 5.74) is 2.30. The molecule has 2 unspecified atom stereocenters. The summed E-state index contributed by atoms with van der Waals surface area (Å²) >= 11 is 1.36. The molecule has 3 heterocycles. The zero-order valence-corrected chi connectivity index (χ0v) is 15.3. The Morgan fingerprint density at radius 1 is 1.42 bits per heavy atom. The topological polar surface area (TPSA) is 80.8 Å². The van der Waals surface area contributed by atoms with E-state index in [0.29, 0.717) is 23.2 Å². The molecule has 0 radical (unpaired) electrons. The number of rotatable bonds is 3. The molecule has 2 amide bonds. The fraction of sp³-hybridized carbons (Fsp3) is 0.389. The molecule has 7 nitrogen and oxygen atoms in total. The first-order chi connectivity index (χ1) is 12.5. The molecule has 0 bridgehead atoms. The van der Waals surface area contributed by atoms with E-state index in [0.717, 1.165) is 24.1 Å². The number of nitrogens with one attached hydrogen (secondary N) is 1. The third-order valence-electron chi connectivity index (χ3n) is 4.55. The third kappa shape index (κ3) is 3.06. The first-order valence-electron chi connectivity index (χ1n) is 8.49. The summed E-state index contributed by atoms with van der Waals surface area (Å²) < 4.78 is 11.0. The van der Waals surface area contributed by atoms with Crippen LogP contribution in [0, 0.1) is 0 Å². The first-order valence-corrected chi connectivity index (χ1v) is 9.37. The number of fused-ring (bicyclic) bond motifs is 1. The molecule has 0 saturated carbocycles. The standard InChI is InChI=1S/C18H19N3O4S/c1-10-17(23)21(2)13-8-11(5-6-14(13)25-10)12-9-26-18(19-12)20-16(22)15-4-3-7-24-15/h5-6,8-10,15H,3-4,7H2,1-2H3,(H,19,20,22). The monoisotopic (exact) mass is 373 g/mol. The Hall–Kier alpha value is -2.45. The SMILES string of the molecule is CC1Oc2ccc(-c3csc(NC(=O)C4CCCO4)n3)cc2N(C)C1=O. The van der Waals surface area contributed by atoms with Gasteiger partial charge in [0.15, 0.2) is 11.2 Å². The maximum Gasteiger partial charge on any atom is 0.267 e. The van der Waals surface area contributed by atoms with Crippen LogP contribution in [-0.4, -0.2) is 42.7 Å². The van der Waals surface area contributed by atoms with Crippen LogP contribution in [0.1, 0.15) is 19.8 Å². The van der Waals surface area contributed by atoms with Gasteiger partial charge < -0.3 is 14.4 Å². The van der Waals surface area contributed by atoms with Crippen molar-refractivity contribution in [1.82, 2.24) is 4.98 Å². The fourth-order valence-electron chi connectivity index (χ4n) is 3.10. The quantitative estimate of drug-likeness (QED) is 0.895. The number of amides is 2. The summed E-state index contributed by atoms with van der Waals surface area (Å²) in [5, 5.41) is 5.22. The molecule has 136 valence electrons. The van der Waals surface area contributed by atoms with E-state index in [4.69, 9.17) is 9.47 Å². The molecule has 0 spiro atoms. The van der Waals surface area contributed by atoms with E-state index < -0.39 is 6.10 Å². The molecule has 1 N–H and O–H groups in total. The van der Waals surface area contributed by atoms with E-state index in [1.165, 1.54) is 11.3 Å². The number of carbonyl (C=O) groups excluding carboxylic acids is 2. The number of benzene rings is 1. The van der Waals surface area contributed by atoms with Crippen molar-refractivity contribution in [3.8, 4) is 17.0 Å². The maximum atomic E-state index is 12.1. The van der Waals surface area contributed by atoms with E-state index in [9.17, 15) is 9.59 Å². The average Bonchev–Trinajstić information content (AvgIpc) is 3.31. The van der Waals surface area contributed by atoms with Crippen molar-refractivity contribution >= 4 is 34.0 Å². The molecule has 1 aromatic carbocycles. The van der Waals surface area contributed by atoms with Crippen LogP contribution >= 0.6 is 11.3 Å². The van der Waals surface area contributed by atoms with Crippen LogP contribution < -0.4 is 15.0 Å². The Bertz CT molecular complexity index is 860. The smallest absolute Gasteiger partial charge is 0.267 e. The minimum atomic E-state index is -0.489. The van der Waals surface area contributed by atoms with Gasteiger partial charge in [0.1, 0.15) is 11.9 Å². The number of carbonyl (C=O) groups is 2. The first kappa shape index (κ1) is 17.0. The number of hydrogen-bond donors (Lipinski definition) is 1. The van der Waals surface area contributed by atoms with Gasteiger partial charge in [-0.3, -0.25) is 14.9 Å². The molecule has 2 aliphatic rings. The Morgan fingerprint density at radius 3 is 3.04 bits per heavy atom. The van der Waals surface area contributed by atoms with Crippen LogP contribution in [0.3, 0.4) is 0 Å². The lowest BCUT2D eigenvalue weighted by atomic mass is 10.1. The average molecular weight is 373 g/mol. The molecular weight excluding hydrogens is 354 g/mol. The largest absolute Gasteiger partial charge is 0.479 e. The lowest BCUT2D eigenvalue weighted by Gasteiger charge is -2.30. The van der Waals surface area contributed by atoms with Gasteiger partial charge in [-0.2, -0.15) is 0 Å². The maximum absolute atomic E-state index is 12.1. The van der Waals surface area contributed by atoms with Crippen molar-refractivity contribution < 1.29 is 19.1 Å². The van der Waals surface area contributed by atoms with Crippen molar-refractivity contribution in [2.45, 2.75) is 32.0 Å². The molecule has 8 heteroatoms. The summed E-state index contributed by atoms with van der Waals surface area (Å²) in [5.74, 6) is 0.435. The molecule has 2 aromatic rings. The Morgan fingerprint density at radius 2 is 2.27 bits per heavy atom. The van der Waals surface area contributed by atoms with Crippen LogP contribution in [0.15, 0.2) is 23.6 Å². The summed E-state index contributed by atoms with van der Waals surface area (Å²) in [6, 6.07) is 5.61. The van der Waals surface area contributed by atoms with Gasteiger partial charge in [0, 0.05) is 24.6 Å². The Labute approximate surface area is 154 Å². The van der Waals surface area contributed by atoms with E-state index in [-0.39, 0.29) is 17.9 Å². The molecule has 4 rings (SSSR count). The zero-order valence-electron chi connectivity index (χ0n) is 14.5. The lowest BCUT2D eigenvalue weighted by molar-refractivity contribution is -0.125. The van der Waals surface area contributed by atoms with Gasteiger partial charge in [-0.1, -0.05) is 0 Å². The predicted molar refractivity (Wildman–Crippen MR) is 98.7 cm³/mol. The number of likely N-dealkylation sites (N-methyl/N-ethyl adjacent to an activating group) is 1. The minimum Gasteiger partial charge on any atom is -0.479 e. The molecule has 2 aliphatic heterocycles. The van der Waals surface area contributed by atoms with E-state index in [1.807, 2.05) is 23.6 Å². The summed E-state index contributed by atoms with van der Waals surface area (Å²) in [6.45, 7) is 2.36. The highest BCUT2D eigenvalue weighted by Gasteiger charge is 2.29. The van der Waals surface area contributed by atoms with Crippen LogP contribution in [-0.2, 0) is 14.3 Å². The van der Waals surface area contributed by atoms with Crippen molar-refractivity contribution in [2.75, 3.05) is 23.9 Å². The number of anilines is 2. The van der Waals surface area contributed by atoms with Crippen LogP contribution in [0.25, 0.3) is 11.3 Å². The van der Waals surface area contributed by atoms with E-state index >= 15 is 0 Å². The van der Waals surface area contributed by atoms with Gasteiger partial charge in [0.05, 0.1) is 11.4 Å². The van der Waals surface area contributed by atoms with Gasteiger partial charge in [-0.15, -0.1) is 11.3 Å². The lowest BCUT2D eigenvalue weighted by Crippen LogP contribution is -2.41. The third-order valence-corrected chi connectivity index (χ3v) is 5.31. The molecular formula is C18H19N3O4S. The van der Waals surface area contributed by atoms with Gasteiger partial charge in [0.25, 0.3) is 11.8 Å². The highest BCUT2D eigenvalue weighted by Crippen LogP contribution is 2.37. The Balaban J connectivity index is 1.54. The van der Waals surface area contributed by atoms with Crippen molar-refractivity contribution in [1.29, 1.82) is 0 Å². The number of ether oxygens (including phenoxy) is 2. The normalized spacial score (nSPS) is 22.1. The van der Waals surface area contributed by atoms with Crippen LogP contribution in [0.5, 0.6) is 5.75 Å².